The summed E-state index contributed by atoms with van der Waals surface area (Å²) in [6, 6.07) is -0.407. The van der Waals surface area contributed by atoms with E-state index in [0.29, 0.717) is 19.4 Å². The molecule has 0 aromatic heterocycles. The van der Waals surface area contributed by atoms with Crippen LogP contribution in [0.15, 0.2) is 0 Å². The van der Waals surface area contributed by atoms with Crippen molar-refractivity contribution in [1.82, 2.24) is 10.6 Å². The number of hydrogen-bond donors (Lipinski definition) is 2. The van der Waals surface area contributed by atoms with Crippen molar-refractivity contribution in [2.45, 2.75) is 25.8 Å². The maximum atomic E-state index is 11.7. The first-order chi connectivity index (χ1) is 7.78. The van der Waals surface area contributed by atoms with Crippen LogP contribution in [0.25, 0.3) is 0 Å². The monoisotopic (exact) mass is 262 g/mol. The third kappa shape index (κ3) is 5.16. The molecule has 7 heteroatoms. The minimum atomic E-state index is -3.09. The summed E-state index contributed by atoms with van der Waals surface area (Å²) in [7, 11) is -3.09. The predicted molar refractivity (Wildman–Crippen MR) is 63.0 cm³/mol. The lowest BCUT2D eigenvalue weighted by atomic mass is 9.98. The highest BCUT2D eigenvalue weighted by Gasteiger charge is 2.25. The second kappa shape index (κ2) is 5.48. The minimum absolute atomic E-state index is 0.0433. The zero-order valence-corrected chi connectivity index (χ0v) is 10.8. The summed E-state index contributed by atoms with van der Waals surface area (Å²) in [5.74, 6) is -0.563. The molecule has 2 unspecified atom stereocenters. The fourth-order valence-electron chi connectivity index (χ4n) is 1.81. The highest BCUT2D eigenvalue weighted by molar-refractivity contribution is 7.90. The molecule has 0 aromatic carbocycles. The van der Waals surface area contributed by atoms with Crippen LogP contribution in [0.2, 0.25) is 0 Å². The van der Waals surface area contributed by atoms with Crippen LogP contribution in [0, 0.1) is 5.92 Å². The van der Waals surface area contributed by atoms with Crippen molar-refractivity contribution in [3.8, 4) is 0 Å². The number of piperidine rings is 1. The molecule has 1 heterocycles. The van der Waals surface area contributed by atoms with Crippen molar-refractivity contribution in [3.05, 3.63) is 0 Å². The van der Waals surface area contributed by atoms with Crippen molar-refractivity contribution >= 4 is 21.7 Å². The Hall–Kier alpha value is -1.11. The molecule has 1 aliphatic heterocycles. The Labute approximate surface area is 101 Å². The van der Waals surface area contributed by atoms with Crippen LogP contribution in [0.4, 0.5) is 0 Å². The third-order valence-electron chi connectivity index (χ3n) is 2.58. The fourth-order valence-corrected chi connectivity index (χ4v) is 2.80. The molecule has 0 bridgehead atoms. The van der Waals surface area contributed by atoms with Gasteiger partial charge in [0.25, 0.3) is 0 Å². The van der Waals surface area contributed by atoms with E-state index in [-0.39, 0.29) is 23.5 Å². The van der Waals surface area contributed by atoms with Crippen molar-refractivity contribution in [2.75, 3.05) is 18.6 Å². The maximum absolute atomic E-state index is 11.7. The molecular formula is C10H18N2O4S. The van der Waals surface area contributed by atoms with Crippen LogP contribution in [0.5, 0.6) is 0 Å². The Bertz CT molecular complexity index is 395. The molecule has 1 saturated heterocycles. The first-order valence-electron chi connectivity index (χ1n) is 5.53. The predicted octanol–water partition coefficient (Wildman–Crippen LogP) is -0.938. The fraction of sp³-hybridized carbons (Fsp3) is 0.800. The number of rotatable bonds is 4. The van der Waals surface area contributed by atoms with Gasteiger partial charge < -0.3 is 10.6 Å². The van der Waals surface area contributed by atoms with Gasteiger partial charge in [0.15, 0.2) is 0 Å². The van der Waals surface area contributed by atoms with Gasteiger partial charge in [-0.05, 0) is 13.3 Å². The molecule has 98 valence electrons. The molecule has 0 aliphatic carbocycles. The molecule has 1 fully saturated rings. The quantitative estimate of drug-likeness (QED) is 0.684. The highest BCUT2D eigenvalue weighted by atomic mass is 32.2. The van der Waals surface area contributed by atoms with Crippen molar-refractivity contribution < 1.29 is 18.0 Å². The molecule has 1 rings (SSSR count). The lowest BCUT2D eigenvalue weighted by molar-refractivity contribution is -0.129. The van der Waals surface area contributed by atoms with Gasteiger partial charge in [-0.3, -0.25) is 9.59 Å². The molecule has 2 amide bonds. The summed E-state index contributed by atoms with van der Waals surface area (Å²) in [6.45, 7) is 1.98. The number of carbonyl (C=O) groups is 2. The molecule has 0 spiro atoms. The Morgan fingerprint density at radius 3 is 2.71 bits per heavy atom. The van der Waals surface area contributed by atoms with Gasteiger partial charge in [0, 0.05) is 25.3 Å². The normalized spacial score (nSPS) is 22.7. The zero-order valence-electron chi connectivity index (χ0n) is 10.0. The molecular weight excluding hydrogens is 244 g/mol. The first kappa shape index (κ1) is 14.0. The van der Waals surface area contributed by atoms with Crippen LogP contribution in [0.3, 0.4) is 0 Å². The first-order valence-corrected chi connectivity index (χ1v) is 7.59. The van der Waals surface area contributed by atoms with Crippen molar-refractivity contribution in [1.29, 1.82) is 0 Å². The third-order valence-corrected chi connectivity index (χ3v) is 3.68. The van der Waals surface area contributed by atoms with E-state index < -0.39 is 15.9 Å². The van der Waals surface area contributed by atoms with E-state index in [9.17, 15) is 18.0 Å². The molecule has 0 saturated carbocycles. The Morgan fingerprint density at radius 1 is 1.59 bits per heavy atom. The van der Waals surface area contributed by atoms with E-state index in [4.69, 9.17) is 0 Å². The number of hydrogen-bond acceptors (Lipinski definition) is 4. The van der Waals surface area contributed by atoms with Gasteiger partial charge in [-0.1, -0.05) is 0 Å². The zero-order chi connectivity index (χ0) is 13.1. The highest BCUT2D eigenvalue weighted by Crippen LogP contribution is 2.11. The molecule has 2 atom stereocenters. The lowest BCUT2D eigenvalue weighted by Gasteiger charge is -2.23. The minimum Gasteiger partial charge on any atom is -0.355 e. The van der Waals surface area contributed by atoms with Crippen LogP contribution in [-0.2, 0) is 19.4 Å². The van der Waals surface area contributed by atoms with E-state index in [1.165, 1.54) is 0 Å². The summed E-state index contributed by atoms with van der Waals surface area (Å²) in [5.41, 5.74) is 0. The van der Waals surface area contributed by atoms with E-state index in [1.807, 2.05) is 0 Å². The van der Waals surface area contributed by atoms with Crippen LogP contribution in [-0.4, -0.2) is 44.8 Å². The standard InChI is InChI=1S/C10H18N2O4S/c1-7(6-17(2,15)16)12-10(14)8-3-4-9(13)11-5-8/h7-8H,3-6H2,1-2H3,(H,11,13)(H,12,14). The number of amides is 2. The number of nitrogens with one attached hydrogen (secondary N) is 2. The van der Waals surface area contributed by atoms with Crippen LogP contribution >= 0.6 is 0 Å². The van der Waals surface area contributed by atoms with Gasteiger partial charge in [0.05, 0.1) is 11.7 Å². The van der Waals surface area contributed by atoms with E-state index in [0.717, 1.165) is 6.26 Å². The Kier molecular flexibility index (Phi) is 4.50. The van der Waals surface area contributed by atoms with E-state index in [1.54, 1.807) is 6.92 Å². The average Bonchev–Trinajstić information content (AvgIpc) is 2.15. The van der Waals surface area contributed by atoms with Gasteiger partial charge in [0.1, 0.15) is 9.84 Å². The van der Waals surface area contributed by atoms with Crippen molar-refractivity contribution in [3.63, 3.8) is 0 Å². The number of carbonyl (C=O) groups excluding carboxylic acids is 2. The summed E-state index contributed by atoms with van der Waals surface area (Å²) in [4.78, 5) is 22.7. The van der Waals surface area contributed by atoms with Gasteiger partial charge >= 0.3 is 0 Å². The Morgan fingerprint density at radius 2 is 2.24 bits per heavy atom. The largest absolute Gasteiger partial charge is 0.355 e. The topological polar surface area (TPSA) is 92.3 Å². The molecule has 1 aliphatic rings. The van der Waals surface area contributed by atoms with Gasteiger partial charge in [-0.15, -0.1) is 0 Å². The molecule has 2 N–H and O–H groups in total. The average molecular weight is 262 g/mol. The SMILES string of the molecule is CC(CS(C)(=O)=O)NC(=O)C1CCC(=O)NC1. The lowest BCUT2D eigenvalue weighted by Crippen LogP contribution is -2.46. The second-order valence-electron chi connectivity index (χ2n) is 4.54. The summed E-state index contributed by atoms with van der Waals surface area (Å²) in [6.07, 6.45) is 2.00. The van der Waals surface area contributed by atoms with E-state index in [2.05, 4.69) is 10.6 Å². The Balaban J connectivity index is 2.41. The van der Waals surface area contributed by atoms with Gasteiger partial charge in [0.2, 0.25) is 11.8 Å². The number of sulfone groups is 1. The van der Waals surface area contributed by atoms with Crippen LogP contribution in [0.1, 0.15) is 19.8 Å². The molecule has 6 nitrogen and oxygen atoms in total. The molecule has 0 aromatic rings. The van der Waals surface area contributed by atoms with Crippen molar-refractivity contribution in [2.24, 2.45) is 5.92 Å². The molecule has 0 radical (unpaired) electrons. The maximum Gasteiger partial charge on any atom is 0.225 e. The summed E-state index contributed by atoms with van der Waals surface area (Å²) < 4.78 is 22.1. The van der Waals surface area contributed by atoms with Crippen LogP contribution < -0.4 is 10.6 Å². The van der Waals surface area contributed by atoms with E-state index >= 15 is 0 Å². The van der Waals surface area contributed by atoms with Gasteiger partial charge in [-0.2, -0.15) is 0 Å². The summed E-state index contributed by atoms with van der Waals surface area (Å²) in [5, 5.41) is 5.27. The van der Waals surface area contributed by atoms with Gasteiger partial charge in [-0.25, -0.2) is 8.42 Å². The second-order valence-corrected chi connectivity index (χ2v) is 6.73. The smallest absolute Gasteiger partial charge is 0.225 e. The molecule has 17 heavy (non-hydrogen) atoms. The summed E-state index contributed by atoms with van der Waals surface area (Å²) >= 11 is 0.